The number of fused-ring (bicyclic) bond motifs is 1. The Bertz CT molecular complexity index is 1430. The molecule has 4 rings (SSSR count). The number of methoxy groups -OCH3 is 1. The molecule has 4 aromatic rings. The predicted molar refractivity (Wildman–Crippen MR) is 125 cm³/mol. The summed E-state index contributed by atoms with van der Waals surface area (Å²) in [6.07, 6.45) is 0. The minimum Gasteiger partial charge on any atom is -0.493 e. The standard InChI is InChI=1S/C24H22N2O5S/c1-16-7-10-18(11-8-16)32(28,29)26-21-6-4-3-5-20(21)25-15-17-9-13-22(30-2)24-19(17)12-14-23(27)31-24/h3-14,25-26H,15H2,1-2H3. The maximum Gasteiger partial charge on any atom is 0.336 e. The molecule has 0 radical (unpaired) electrons. The molecule has 1 heterocycles. The Morgan fingerprint density at radius 1 is 0.906 bits per heavy atom. The minimum absolute atomic E-state index is 0.189. The Labute approximate surface area is 185 Å². The third-order valence-corrected chi connectivity index (χ3v) is 6.41. The van der Waals surface area contributed by atoms with Gasteiger partial charge in [0.25, 0.3) is 10.0 Å². The smallest absolute Gasteiger partial charge is 0.336 e. The monoisotopic (exact) mass is 450 g/mol. The minimum atomic E-state index is -3.74. The molecule has 0 amide bonds. The zero-order valence-corrected chi connectivity index (χ0v) is 18.4. The van der Waals surface area contributed by atoms with E-state index in [0.717, 1.165) is 16.5 Å². The van der Waals surface area contributed by atoms with Gasteiger partial charge >= 0.3 is 5.63 Å². The molecule has 0 fully saturated rings. The number of sulfonamides is 1. The Morgan fingerprint density at radius 2 is 1.62 bits per heavy atom. The van der Waals surface area contributed by atoms with Gasteiger partial charge in [0, 0.05) is 18.0 Å². The first kappa shape index (κ1) is 21.5. The van der Waals surface area contributed by atoms with Crippen LogP contribution in [0.25, 0.3) is 11.0 Å². The van der Waals surface area contributed by atoms with E-state index in [1.165, 1.54) is 13.2 Å². The van der Waals surface area contributed by atoms with Gasteiger partial charge < -0.3 is 14.5 Å². The maximum absolute atomic E-state index is 12.8. The van der Waals surface area contributed by atoms with Crippen molar-refractivity contribution in [3.05, 3.63) is 94.3 Å². The fraction of sp³-hybridized carbons (Fsp3) is 0.125. The van der Waals surface area contributed by atoms with E-state index < -0.39 is 15.6 Å². The Balaban J connectivity index is 1.61. The molecule has 0 aliphatic heterocycles. The lowest BCUT2D eigenvalue weighted by Crippen LogP contribution is -2.14. The van der Waals surface area contributed by atoms with Crippen LogP contribution < -0.4 is 20.4 Å². The van der Waals surface area contributed by atoms with Gasteiger partial charge in [-0.25, -0.2) is 13.2 Å². The number of ether oxygens (including phenoxy) is 1. The average Bonchev–Trinajstić information content (AvgIpc) is 2.78. The molecule has 0 bridgehead atoms. The number of anilines is 2. The Morgan fingerprint density at radius 3 is 2.34 bits per heavy atom. The summed E-state index contributed by atoms with van der Waals surface area (Å²) < 4.78 is 38.9. The first-order valence-electron chi connectivity index (χ1n) is 9.89. The molecule has 3 aromatic carbocycles. The van der Waals surface area contributed by atoms with Crippen molar-refractivity contribution >= 4 is 32.4 Å². The fourth-order valence-electron chi connectivity index (χ4n) is 3.35. The number of nitrogens with one attached hydrogen (secondary N) is 2. The zero-order chi connectivity index (χ0) is 22.7. The van der Waals surface area contributed by atoms with Crippen molar-refractivity contribution in [3.8, 4) is 5.75 Å². The molecule has 164 valence electrons. The number of rotatable bonds is 7. The van der Waals surface area contributed by atoms with Gasteiger partial charge in [0.15, 0.2) is 11.3 Å². The van der Waals surface area contributed by atoms with Crippen LogP contribution in [-0.4, -0.2) is 15.5 Å². The molecule has 2 N–H and O–H groups in total. The Kier molecular flexibility index (Phi) is 5.87. The van der Waals surface area contributed by atoms with Crippen LogP contribution >= 0.6 is 0 Å². The van der Waals surface area contributed by atoms with Crippen LogP contribution in [0.4, 0.5) is 11.4 Å². The van der Waals surface area contributed by atoms with Crippen LogP contribution in [0.2, 0.25) is 0 Å². The summed E-state index contributed by atoms with van der Waals surface area (Å²) in [6, 6.07) is 20.4. The molecule has 0 aliphatic rings. The molecule has 0 saturated carbocycles. The molecular formula is C24H22N2O5S. The number of hydrogen-bond donors (Lipinski definition) is 2. The van der Waals surface area contributed by atoms with Crippen LogP contribution in [0.15, 0.2) is 86.9 Å². The molecule has 0 saturated heterocycles. The van der Waals surface area contributed by atoms with Gasteiger partial charge in [-0.2, -0.15) is 0 Å². The van der Waals surface area contributed by atoms with Gasteiger partial charge in [0.1, 0.15) is 0 Å². The highest BCUT2D eigenvalue weighted by atomic mass is 32.2. The van der Waals surface area contributed by atoms with Crippen molar-refractivity contribution in [1.82, 2.24) is 0 Å². The van der Waals surface area contributed by atoms with E-state index >= 15 is 0 Å². The second kappa shape index (κ2) is 8.76. The molecule has 7 nitrogen and oxygen atoms in total. The second-order valence-electron chi connectivity index (χ2n) is 7.24. The van der Waals surface area contributed by atoms with Gasteiger partial charge in [-0.15, -0.1) is 0 Å². The van der Waals surface area contributed by atoms with Crippen LogP contribution in [0.1, 0.15) is 11.1 Å². The largest absolute Gasteiger partial charge is 0.493 e. The first-order valence-corrected chi connectivity index (χ1v) is 11.4. The normalized spacial score (nSPS) is 11.3. The number of hydrogen-bond acceptors (Lipinski definition) is 6. The lowest BCUT2D eigenvalue weighted by molar-refractivity contribution is 0.406. The third kappa shape index (κ3) is 4.45. The molecule has 8 heteroatoms. The van der Waals surface area contributed by atoms with E-state index in [0.29, 0.717) is 29.3 Å². The number of benzene rings is 3. The van der Waals surface area contributed by atoms with Crippen molar-refractivity contribution in [2.75, 3.05) is 17.1 Å². The van der Waals surface area contributed by atoms with Crippen LogP contribution in [0.5, 0.6) is 5.75 Å². The quantitative estimate of drug-likeness (QED) is 0.402. The number of para-hydroxylation sites is 2. The maximum atomic E-state index is 12.8. The third-order valence-electron chi connectivity index (χ3n) is 5.03. The lowest BCUT2D eigenvalue weighted by Gasteiger charge is -2.15. The van der Waals surface area contributed by atoms with Crippen LogP contribution in [-0.2, 0) is 16.6 Å². The molecule has 0 unspecified atom stereocenters. The predicted octanol–water partition coefficient (Wildman–Crippen LogP) is 4.52. The van der Waals surface area contributed by atoms with E-state index in [1.807, 2.05) is 19.1 Å². The number of aryl methyl sites for hydroxylation is 1. The highest BCUT2D eigenvalue weighted by Gasteiger charge is 2.16. The van der Waals surface area contributed by atoms with Crippen LogP contribution in [0.3, 0.4) is 0 Å². The molecule has 0 atom stereocenters. The second-order valence-corrected chi connectivity index (χ2v) is 8.92. The summed E-state index contributed by atoms with van der Waals surface area (Å²) in [6.45, 7) is 2.27. The van der Waals surface area contributed by atoms with E-state index in [1.54, 1.807) is 54.6 Å². The van der Waals surface area contributed by atoms with Crippen molar-refractivity contribution in [3.63, 3.8) is 0 Å². The van der Waals surface area contributed by atoms with Gasteiger partial charge in [0.05, 0.1) is 23.4 Å². The van der Waals surface area contributed by atoms with Crippen molar-refractivity contribution in [1.29, 1.82) is 0 Å². The van der Waals surface area contributed by atoms with E-state index in [2.05, 4.69) is 10.0 Å². The first-order chi connectivity index (χ1) is 15.4. The molecule has 32 heavy (non-hydrogen) atoms. The topological polar surface area (TPSA) is 97.6 Å². The van der Waals surface area contributed by atoms with Crippen molar-refractivity contribution in [2.45, 2.75) is 18.4 Å². The van der Waals surface area contributed by atoms with Gasteiger partial charge in [-0.05, 0) is 48.9 Å². The summed E-state index contributed by atoms with van der Waals surface area (Å²) >= 11 is 0. The molecular weight excluding hydrogens is 428 g/mol. The summed E-state index contributed by atoms with van der Waals surface area (Å²) in [4.78, 5) is 11.8. The van der Waals surface area contributed by atoms with Crippen molar-refractivity contribution in [2.24, 2.45) is 0 Å². The summed E-state index contributed by atoms with van der Waals surface area (Å²) in [5.41, 5.74) is 2.79. The Hall–Kier alpha value is -3.78. The summed E-state index contributed by atoms with van der Waals surface area (Å²) in [5.74, 6) is 0.465. The van der Waals surface area contributed by atoms with Gasteiger partial charge in [-0.1, -0.05) is 35.9 Å². The summed E-state index contributed by atoms with van der Waals surface area (Å²) in [7, 11) is -2.23. The van der Waals surface area contributed by atoms with Gasteiger partial charge in [0.2, 0.25) is 0 Å². The van der Waals surface area contributed by atoms with Crippen LogP contribution in [0, 0.1) is 6.92 Å². The van der Waals surface area contributed by atoms with E-state index in [4.69, 9.17) is 9.15 Å². The fourth-order valence-corrected chi connectivity index (χ4v) is 4.43. The highest BCUT2D eigenvalue weighted by molar-refractivity contribution is 7.92. The lowest BCUT2D eigenvalue weighted by atomic mass is 10.1. The van der Waals surface area contributed by atoms with Gasteiger partial charge in [-0.3, -0.25) is 4.72 Å². The van der Waals surface area contributed by atoms with E-state index in [-0.39, 0.29) is 4.90 Å². The highest BCUT2D eigenvalue weighted by Crippen LogP contribution is 2.29. The zero-order valence-electron chi connectivity index (χ0n) is 17.6. The summed E-state index contributed by atoms with van der Waals surface area (Å²) in [5, 5.41) is 4.00. The van der Waals surface area contributed by atoms with Crippen molar-refractivity contribution < 1.29 is 17.6 Å². The molecule has 1 aromatic heterocycles. The molecule has 0 aliphatic carbocycles. The molecule has 0 spiro atoms. The average molecular weight is 451 g/mol. The SMILES string of the molecule is COc1ccc(CNc2ccccc2NS(=O)(=O)c2ccc(C)cc2)c2ccc(=O)oc12. The van der Waals surface area contributed by atoms with E-state index in [9.17, 15) is 13.2 Å².